The Morgan fingerprint density at radius 3 is 2.50 bits per heavy atom. The van der Waals surface area contributed by atoms with Crippen LogP contribution in [0, 0.1) is 6.92 Å². The molecule has 0 saturated carbocycles. The van der Waals surface area contributed by atoms with Gasteiger partial charge in [-0.25, -0.2) is 4.98 Å². The lowest BCUT2D eigenvalue weighted by atomic mass is 10.1. The van der Waals surface area contributed by atoms with Crippen LogP contribution in [0.15, 0.2) is 47.3 Å². The van der Waals surface area contributed by atoms with Gasteiger partial charge >= 0.3 is 0 Å². The van der Waals surface area contributed by atoms with Crippen molar-refractivity contribution in [2.24, 2.45) is 5.73 Å². The van der Waals surface area contributed by atoms with Gasteiger partial charge in [-0.3, -0.25) is 14.0 Å². The van der Waals surface area contributed by atoms with E-state index in [-0.39, 0.29) is 11.3 Å². The standard InChI is InChI=1S/C16H12ClN3O2/c1-9-3-2-4-12-19-14(10-5-7-11(17)8-6-10)13(15(18)21)16(22)20(9)12/h2-8H,1H3,(H2,18,21). The minimum absolute atomic E-state index is 0.130. The van der Waals surface area contributed by atoms with E-state index in [0.717, 1.165) is 0 Å². The molecule has 5 nitrogen and oxygen atoms in total. The first-order chi connectivity index (χ1) is 10.5. The number of halogens is 1. The summed E-state index contributed by atoms with van der Waals surface area (Å²) in [6, 6.07) is 12.0. The third kappa shape index (κ3) is 2.25. The van der Waals surface area contributed by atoms with Crippen LogP contribution in [0.2, 0.25) is 5.02 Å². The molecule has 2 heterocycles. The fourth-order valence-corrected chi connectivity index (χ4v) is 2.50. The van der Waals surface area contributed by atoms with E-state index in [1.54, 1.807) is 49.4 Å². The highest BCUT2D eigenvalue weighted by Gasteiger charge is 2.19. The lowest BCUT2D eigenvalue weighted by Gasteiger charge is -2.10. The van der Waals surface area contributed by atoms with E-state index < -0.39 is 11.5 Å². The number of rotatable bonds is 2. The molecule has 0 bridgehead atoms. The summed E-state index contributed by atoms with van der Waals surface area (Å²) in [5.74, 6) is -0.805. The fourth-order valence-electron chi connectivity index (χ4n) is 2.38. The third-order valence-corrected chi connectivity index (χ3v) is 3.66. The number of primary amides is 1. The number of hydrogen-bond donors (Lipinski definition) is 1. The quantitative estimate of drug-likeness (QED) is 0.789. The van der Waals surface area contributed by atoms with Crippen molar-refractivity contribution < 1.29 is 4.79 Å². The average molecular weight is 314 g/mol. The number of fused-ring (bicyclic) bond motifs is 1. The summed E-state index contributed by atoms with van der Waals surface area (Å²) in [4.78, 5) is 28.9. The zero-order valence-corrected chi connectivity index (χ0v) is 12.5. The molecule has 0 aliphatic rings. The van der Waals surface area contributed by atoms with Crippen molar-refractivity contribution in [1.29, 1.82) is 0 Å². The topological polar surface area (TPSA) is 77.5 Å². The van der Waals surface area contributed by atoms with Gasteiger partial charge < -0.3 is 5.73 Å². The molecule has 6 heteroatoms. The molecule has 0 saturated heterocycles. The normalized spacial score (nSPS) is 10.8. The van der Waals surface area contributed by atoms with Gasteiger partial charge in [0.25, 0.3) is 11.5 Å². The van der Waals surface area contributed by atoms with Crippen LogP contribution in [0.5, 0.6) is 0 Å². The third-order valence-electron chi connectivity index (χ3n) is 3.41. The maximum Gasteiger partial charge on any atom is 0.271 e. The van der Waals surface area contributed by atoms with Crippen LogP contribution in [0.25, 0.3) is 16.9 Å². The molecule has 0 atom stereocenters. The van der Waals surface area contributed by atoms with Gasteiger partial charge in [0, 0.05) is 16.3 Å². The second-order valence-corrected chi connectivity index (χ2v) is 5.31. The largest absolute Gasteiger partial charge is 0.365 e. The van der Waals surface area contributed by atoms with E-state index in [4.69, 9.17) is 17.3 Å². The maximum absolute atomic E-state index is 12.6. The first kappa shape index (κ1) is 14.3. The van der Waals surface area contributed by atoms with Crippen molar-refractivity contribution in [3.05, 3.63) is 69.1 Å². The Bertz CT molecular complexity index is 946. The Hall–Kier alpha value is -2.66. The molecule has 2 N–H and O–H groups in total. The number of aromatic nitrogens is 2. The molecule has 0 unspecified atom stereocenters. The van der Waals surface area contributed by atoms with Crippen LogP contribution >= 0.6 is 11.6 Å². The number of carbonyl (C=O) groups excluding carboxylic acids is 1. The van der Waals surface area contributed by atoms with Gasteiger partial charge in [0.05, 0.1) is 5.69 Å². The average Bonchev–Trinajstić information content (AvgIpc) is 2.47. The number of hydrogen-bond acceptors (Lipinski definition) is 3. The van der Waals surface area contributed by atoms with E-state index in [9.17, 15) is 9.59 Å². The number of aryl methyl sites for hydroxylation is 1. The summed E-state index contributed by atoms with van der Waals surface area (Å²) in [6.07, 6.45) is 0. The number of amides is 1. The molecule has 22 heavy (non-hydrogen) atoms. The molecule has 0 spiro atoms. The summed E-state index contributed by atoms with van der Waals surface area (Å²) in [6.45, 7) is 1.77. The molecule has 3 aromatic rings. The fraction of sp³-hybridized carbons (Fsp3) is 0.0625. The zero-order valence-electron chi connectivity index (χ0n) is 11.7. The Labute approximate surface area is 131 Å². The molecular formula is C16H12ClN3O2. The Balaban J connectivity index is 2.44. The Morgan fingerprint density at radius 1 is 1.18 bits per heavy atom. The minimum atomic E-state index is -0.805. The zero-order chi connectivity index (χ0) is 15.9. The van der Waals surface area contributed by atoms with Gasteiger partial charge in [-0.05, 0) is 31.2 Å². The molecule has 110 valence electrons. The van der Waals surface area contributed by atoms with Gasteiger partial charge in [-0.1, -0.05) is 29.8 Å². The van der Waals surface area contributed by atoms with Crippen molar-refractivity contribution in [2.75, 3.05) is 0 Å². The lowest BCUT2D eigenvalue weighted by molar-refractivity contribution is 0.0999. The maximum atomic E-state index is 12.6. The molecule has 1 aromatic carbocycles. The van der Waals surface area contributed by atoms with Gasteiger partial charge in [0.1, 0.15) is 11.2 Å². The molecule has 3 rings (SSSR count). The molecule has 2 aromatic heterocycles. The monoisotopic (exact) mass is 313 g/mol. The summed E-state index contributed by atoms with van der Waals surface area (Å²) in [7, 11) is 0. The smallest absolute Gasteiger partial charge is 0.271 e. The highest BCUT2D eigenvalue weighted by atomic mass is 35.5. The van der Waals surface area contributed by atoms with Crippen LogP contribution in [0.1, 0.15) is 16.1 Å². The number of pyridine rings is 1. The summed E-state index contributed by atoms with van der Waals surface area (Å²) in [5.41, 5.74) is 6.82. The van der Waals surface area contributed by atoms with Crippen molar-refractivity contribution in [3.8, 4) is 11.3 Å². The predicted molar refractivity (Wildman–Crippen MR) is 85.2 cm³/mol. The molecule has 0 fully saturated rings. The van der Waals surface area contributed by atoms with Crippen molar-refractivity contribution >= 4 is 23.2 Å². The van der Waals surface area contributed by atoms with Gasteiger partial charge in [-0.15, -0.1) is 0 Å². The summed E-state index contributed by atoms with van der Waals surface area (Å²) < 4.78 is 1.37. The summed E-state index contributed by atoms with van der Waals surface area (Å²) in [5, 5.41) is 0.553. The Morgan fingerprint density at radius 2 is 1.86 bits per heavy atom. The van der Waals surface area contributed by atoms with Crippen LogP contribution in [0.3, 0.4) is 0 Å². The van der Waals surface area contributed by atoms with Crippen molar-refractivity contribution in [3.63, 3.8) is 0 Å². The second kappa shape index (κ2) is 5.27. The number of nitrogens with two attached hydrogens (primary N) is 1. The molecular weight excluding hydrogens is 302 g/mol. The van der Waals surface area contributed by atoms with E-state index in [1.165, 1.54) is 4.40 Å². The van der Waals surface area contributed by atoms with Crippen LogP contribution in [0.4, 0.5) is 0 Å². The van der Waals surface area contributed by atoms with Gasteiger partial charge in [0.2, 0.25) is 0 Å². The van der Waals surface area contributed by atoms with E-state index in [0.29, 0.717) is 21.9 Å². The van der Waals surface area contributed by atoms with E-state index >= 15 is 0 Å². The van der Waals surface area contributed by atoms with Crippen LogP contribution in [-0.2, 0) is 0 Å². The number of benzene rings is 1. The second-order valence-electron chi connectivity index (χ2n) is 4.87. The SMILES string of the molecule is Cc1cccc2nc(-c3ccc(Cl)cc3)c(C(N)=O)c(=O)n12. The molecule has 0 radical (unpaired) electrons. The highest BCUT2D eigenvalue weighted by molar-refractivity contribution is 6.30. The van der Waals surface area contributed by atoms with Crippen LogP contribution < -0.4 is 11.3 Å². The van der Waals surface area contributed by atoms with Gasteiger partial charge in [0.15, 0.2) is 0 Å². The number of nitrogens with zero attached hydrogens (tertiary/aromatic N) is 2. The molecule has 1 amide bonds. The van der Waals surface area contributed by atoms with Gasteiger partial charge in [-0.2, -0.15) is 0 Å². The van der Waals surface area contributed by atoms with Crippen molar-refractivity contribution in [1.82, 2.24) is 9.38 Å². The highest BCUT2D eigenvalue weighted by Crippen LogP contribution is 2.22. The summed E-state index contributed by atoms with van der Waals surface area (Å²) >= 11 is 5.87. The lowest BCUT2D eigenvalue weighted by Crippen LogP contribution is -2.29. The van der Waals surface area contributed by atoms with Crippen LogP contribution in [-0.4, -0.2) is 15.3 Å². The van der Waals surface area contributed by atoms with E-state index in [2.05, 4.69) is 4.98 Å². The minimum Gasteiger partial charge on any atom is -0.365 e. The molecule has 0 aliphatic heterocycles. The van der Waals surface area contributed by atoms with Crippen molar-refractivity contribution in [2.45, 2.75) is 6.92 Å². The predicted octanol–water partition coefficient (Wildman–Crippen LogP) is 2.42. The molecule has 0 aliphatic carbocycles. The first-order valence-electron chi connectivity index (χ1n) is 6.57. The number of carbonyl (C=O) groups is 1. The Kier molecular flexibility index (Phi) is 3.42. The first-order valence-corrected chi connectivity index (χ1v) is 6.95. The van der Waals surface area contributed by atoms with E-state index in [1.807, 2.05) is 0 Å².